The van der Waals surface area contributed by atoms with E-state index < -0.39 is 0 Å². The van der Waals surface area contributed by atoms with Crippen molar-refractivity contribution >= 4 is 28.4 Å². The van der Waals surface area contributed by atoms with Gasteiger partial charge in [-0.2, -0.15) is 0 Å². The third kappa shape index (κ3) is 2.81. The van der Waals surface area contributed by atoms with Crippen LogP contribution in [0.15, 0.2) is 11.1 Å². The van der Waals surface area contributed by atoms with E-state index in [1.165, 1.54) is 25.6 Å². The normalized spacial score (nSPS) is 23.4. The minimum Gasteiger partial charge on any atom is -0.366 e. The number of anilines is 1. The number of halogens is 1. The summed E-state index contributed by atoms with van der Waals surface area (Å²) in [5.74, 6) is 0.717. The van der Waals surface area contributed by atoms with Crippen molar-refractivity contribution in [2.75, 3.05) is 5.32 Å². The molecule has 1 aliphatic carbocycles. The maximum Gasteiger partial charge on any atom is 0.266 e. The van der Waals surface area contributed by atoms with Crippen molar-refractivity contribution < 1.29 is 0 Å². The van der Waals surface area contributed by atoms with Crippen LogP contribution in [-0.2, 0) is 0 Å². The minimum atomic E-state index is -0.0725. The van der Waals surface area contributed by atoms with Gasteiger partial charge in [0.15, 0.2) is 0 Å². The van der Waals surface area contributed by atoms with Gasteiger partial charge in [-0.1, -0.05) is 26.7 Å². The molecule has 5 heteroatoms. The molecule has 0 bridgehead atoms. The van der Waals surface area contributed by atoms with Crippen molar-refractivity contribution in [1.29, 1.82) is 0 Å². The zero-order chi connectivity index (χ0) is 12.5. The SMILES string of the molecule is CC1(C)CCCCC1Nc1nc[nH]c(=O)c1I. The van der Waals surface area contributed by atoms with Crippen molar-refractivity contribution in [3.8, 4) is 0 Å². The maximum atomic E-state index is 11.5. The van der Waals surface area contributed by atoms with Crippen LogP contribution in [0.1, 0.15) is 39.5 Å². The second-order valence-corrected chi connectivity index (χ2v) is 6.40. The van der Waals surface area contributed by atoms with Crippen molar-refractivity contribution in [1.82, 2.24) is 9.97 Å². The summed E-state index contributed by atoms with van der Waals surface area (Å²) >= 11 is 2.04. The Balaban J connectivity index is 2.20. The number of hydrogen-bond donors (Lipinski definition) is 2. The summed E-state index contributed by atoms with van der Waals surface area (Å²) < 4.78 is 0.645. The van der Waals surface area contributed by atoms with E-state index >= 15 is 0 Å². The van der Waals surface area contributed by atoms with E-state index in [4.69, 9.17) is 0 Å². The molecule has 0 saturated heterocycles. The summed E-state index contributed by atoms with van der Waals surface area (Å²) in [4.78, 5) is 18.3. The molecule has 1 aromatic heterocycles. The maximum absolute atomic E-state index is 11.5. The third-order valence-electron chi connectivity index (χ3n) is 3.61. The van der Waals surface area contributed by atoms with E-state index in [0.29, 0.717) is 15.4 Å². The van der Waals surface area contributed by atoms with Gasteiger partial charge < -0.3 is 10.3 Å². The fourth-order valence-electron chi connectivity index (χ4n) is 2.41. The fraction of sp³-hybridized carbons (Fsp3) is 0.667. The molecule has 1 fully saturated rings. The topological polar surface area (TPSA) is 57.8 Å². The lowest BCUT2D eigenvalue weighted by Crippen LogP contribution is -2.39. The quantitative estimate of drug-likeness (QED) is 0.809. The number of nitrogens with one attached hydrogen (secondary N) is 2. The van der Waals surface area contributed by atoms with E-state index in [9.17, 15) is 4.79 Å². The van der Waals surface area contributed by atoms with Crippen LogP contribution in [-0.4, -0.2) is 16.0 Å². The van der Waals surface area contributed by atoms with Crippen LogP contribution in [0.4, 0.5) is 5.82 Å². The Labute approximate surface area is 115 Å². The minimum absolute atomic E-state index is 0.0725. The van der Waals surface area contributed by atoms with Crippen molar-refractivity contribution in [3.63, 3.8) is 0 Å². The Morgan fingerprint density at radius 2 is 2.29 bits per heavy atom. The first kappa shape index (κ1) is 12.9. The van der Waals surface area contributed by atoms with Crippen LogP contribution >= 0.6 is 22.6 Å². The highest BCUT2D eigenvalue weighted by atomic mass is 127. The Morgan fingerprint density at radius 3 is 3.00 bits per heavy atom. The van der Waals surface area contributed by atoms with Crippen molar-refractivity contribution in [2.24, 2.45) is 5.41 Å². The van der Waals surface area contributed by atoms with E-state index in [2.05, 4.69) is 29.1 Å². The van der Waals surface area contributed by atoms with Crippen molar-refractivity contribution in [3.05, 3.63) is 20.3 Å². The predicted octanol–water partition coefficient (Wildman–Crippen LogP) is 2.76. The molecule has 1 unspecified atom stereocenters. The smallest absolute Gasteiger partial charge is 0.266 e. The highest BCUT2D eigenvalue weighted by molar-refractivity contribution is 14.1. The molecule has 1 heterocycles. The van der Waals surface area contributed by atoms with Crippen LogP contribution in [0, 0.1) is 8.99 Å². The second kappa shape index (κ2) is 4.96. The second-order valence-electron chi connectivity index (χ2n) is 5.33. The Hall–Kier alpha value is -0.590. The van der Waals surface area contributed by atoms with Gasteiger partial charge in [-0.05, 0) is 40.8 Å². The van der Waals surface area contributed by atoms with Gasteiger partial charge >= 0.3 is 0 Å². The summed E-state index contributed by atoms with van der Waals surface area (Å²) in [5.41, 5.74) is 0.197. The van der Waals surface area contributed by atoms with Crippen LogP contribution in [0.2, 0.25) is 0 Å². The van der Waals surface area contributed by atoms with Gasteiger partial charge in [-0.15, -0.1) is 0 Å². The van der Waals surface area contributed by atoms with Crippen molar-refractivity contribution in [2.45, 2.75) is 45.6 Å². The lowest BCUT2D eigenvalue weighted by Gasteiger charge is -2.39. The fourth-order valence-corrected chi connectivity index (χ4v) is 2.86. The van der Waals surface area contributed by atoms with Crippen LogP contribution in [0.5, 0.6) is 0 Å². The first-order valence-corrected chi connectivity index (χ1v) is 7.08. The van der Waals surface area contributed by atoms with Gasteiger partial charge in [-0.3, -0.25) is 4.79 Å². The molecule has 1 saturated carbocycles. The van der Waals surface area contributed by atoms with E-state index in [0.717, 1.165) is 6.42 Å². The summed E-state index contributed by atoms with van der Waals surface area (Å²) in [6.45, 7) is 4.56. The Bertz CT molecular complexity index is 455. The number of rotatable bonds is 2. The number of H-pyrrole nitrogens is 1. The molecule has 0 amide bonds. The molecule has 17 heavy (non-hydrogen) atoms. The Morgan fingerprint density at radius 1 is 1.53 bits per heavy atom. The summed E-state index contributed by atoms with van der Waals surface area (Å²) in [5, 5.41) is 3.44. The van der Waals surface area contributed by atoms with Gasteiger partial charge in [0.2, 0.25) is 0 Å². The molecular weight excluding hydrogens is 329 g/mol. The standard InChI is InChI=1S/C12H18IN3O/c1-12(2)6-4-3-5-8(12)16-10-9(13)11(17)15-7-14-10/h7-8H,3-6H2,1-2H3,(H2,14,15,16,17). The number of nitrogens with zero attached hydrogens (tertiary/aromatic N) is 1. The van der Waals surface area contributed by atoms with Crippen LogP contribution in [0.25, 0.3) is 0 Å². The van der Waals surface area contributed by atoms with Gasteiger partial charge in [0.05, 0.1) is 6.33 Å². The van der Waals surface area contributed by atoms with E-state index in [1.54, 1.807) is 0 Å². The van der Waals surface area contributed by atoms with E-state index in [1.807, 2.05) is 22.6 Å². The lowest BCUT2D eigenvalue weighted by molar-refractivity contribution is 0.216. The van der Waals surface area contributed by atoms with Gasteiger partial charge in [0.1, 0.15) is 9.39 Å². The number of hydrogen-bond acceptors (Lipinski definition) is 3. The average Bonchev–Trinajstić information content (AvgIpc) is 2.27. The average molecular weight is 347 g/mol. The summed E-state index contributed by atoms with van der Waals surface area (Å²) in [6.07, 6.45) is 6.39. The highest BCUT2D eigenvalue weighted by Gasteiger charge is 2.32. The zero-order valence-electron chi connectivity index (χ0n) is 10.2. The molecule has 1 aromatic rings. The number of aromatic amines is 1. The lowest BCUT2D eigenvalue weighted by atomic mass is 9.73. The third-order valence-corrected chi connectivity index (χ3v) is 4.62. The van der Waals surface area contributed by atoms with E-state index in [-0.39, 0.29) is 11.0 Å². The highest BCUT2D eigenvalue weighted by Crippen LogP contribution is 2.37. The molecule has 0 radical (unpaired) electrons. The van der Waals surface area contributed by atoms with Gasteiger partial charge in [-0.25, -0.2) is 4.98 Å². The molecule has 1 aliphatic rings. The van der Waals surface area contributed by atoms with Gasteiger partial charge in [0.25, 0.3) is 5.56 Å². The molecule has 0 aliphatic heterocycles. The molecule has 2 rings (SSSR count). The predicted molar refractivity (Wildman–Crippen MR) is 77.2 cm³/mol. The van der Waals surface area contributed by atoms with Crippen LogP contribution in [0.3, 0.4) is 0 Å². The summed E-state index contributed by atoms with van der Waals surface area (Å²) in [6, 6.07) is 0.402. The monoisotopic (exact) mass is 347 g/mol. The Kier molecular flexibility index (Phi) is 3.75. The molecule has 1 atom stereocenters. The molecule has 0 aromatic carbocycles. The largest absolute Gasteiger partial charge is 0.366 e. The zero-order valence-corrected chi connectivity index (χ0v) is 12.4. The molecule has 94 valence electrons. The first-order chi connectivity index (χ1) is 8.00. The molecule has 2 N–H and O–H groups in total. The molecule has 0 spiro atoms. The first-order valence-electron chi connectivity index (χ1n) is 6.00. The molecule has 4 nitrogen and oxygen atoms in total. The molecular formula is C12H18IN3O. The van der Waals surface area contributed by atoms with Gasteiger partial charge in [0, 0.05) is 6.04 Å². The summed E-state index contributed by atoms with van der Waals surface area (Å²) in [7, 11) is 0. The number of aromatic nitrogens is 2. The van der Waals surface area contributed by atoms with Crippen LogP contribution < -0.4 is 10.9 Å².